The van der Waals surface area contributed by atoms with E-state index in [9.17, 15) is 9.59 Å². The summed E-state index contributed by atoms with van der Waals surface area (Å²) in [7, 11) is 1.62. The summed E-state index contributed by atoms with van der Waals surface area (Å²) < 4.78 is 10.6. The van der Waals surface area contributed by atoms with Crippen LogP contribution >= 0.6 is 0 Å². The summed E-state index contributed by atoms with van der Waals surface area (Å²) >= 11 is 0. The van der Waals surface area contributed by atoms with E-state index in [1.807, 2.05) is 31.2 Å². The highest BCUT2D eigenvalue weighted by molar-refractivity contribution is 5.78. The molecule has 0 heterocycles. The first kappa shape index (κ1) is 17.5. The number of amides is 1. The monoisotopic (exact) mass is 327 g/mol. The lowest BCUT2D eigenvalue weighted by molar-refractivity contribution is -0.123. The summed E-state index contributed by atoms with van der Waals surface area (Å²) in [6, 6.07) is 14.2. The molecule has 2 aromatic carbocycles. The highest BCUT2D eigenvalue weighted by Crippen LogP contribution is 2.20. The lowest BCUT2D eigenvalue weighted by atomic mass is 10.0. The first-order valence-electron chi connectivity index (χ1n) is 7.77. The van der Waals surface area contributed by atoms with E-state index < -0.39 is 0 Å². The molecule has 0 aliphatic heterocycles. The van der Waals surface area contributed by atoms with Gasteiger partial charge >= 0.3 is 0 Å². The van der Waals surface area contributed by atoms with Gasteiger partial charge in [-0.1, -0.05) is 19.1 Å². The topological polar surface area (TPSA) is 64.6 Å². The Morgan fingerprint density at radius 2 is 1.71 bits per heavy atom. The predicted octanol–water partition coefficient (Wildman–Crippen LogP) is 3.15. The number of rotatable bonds is 8. The minimum Gasteiger partial charge on any atom is -0.497 e. The summed E-state index contributed by atoms with van der Waals surface area (Å²) in [6.07, 6.45) is 1.53. The standard InChI is InChI=1S/C19H21NO4/c1-3-18(15-6-10-16(23-2)11-7-15)20-19(22)13-24-17-8-4-14(12-21)5-9-17/h4-12,18H,3,13H2,1-2H3,(H,20,22). The highest BCUT2D eigenvalue weighted by atomic mass is 16.5. The van der Waals surface area contributed by atoms with E-state index in [0.717, 1.165) is 24.0 Å². The molecule has 2 rings (SSSR count). The fraction of sp³-hybridized carbons (Fsp3) is 0.263. The van der Waals surface area contributed by atoms with Crippen LogP contribution in [-0.2, 0) is 4.79 Å². The van der Waals surface area contributed by atoms with Gasteiger partial charge in [-0.2, -0.15) is 0 Å². The number of carbonyl (C=O) groups is 2. The van der Waals surface area contributed by atoms with Crippen LogP contribution < -0.4 is 14.8 Å². The normalized spacial score (nSPS) is 11.4. The Bertz CT molecular complexity index is 665. The van der Waals surface area contributed by atoms with E-state index >= 15 is 0 Å². The third-order valence-electron chi connectivity index (χ3n) is 3.65. The molecule has 0 radical (unpaired) electrons. The van der Waals surface area contributed by atoms with Gasteiger partial charge in [-0.3, -0.25) is 9.59 Å². The molecule has 2 aromatic rings. The average Bonchev–Trinajstić information content (AvgIpc) is 2.65. The molecule has 5 nitrogen and oxygen atoms in total. The Hall–Kier alpha value is -2.82. The molecule has 5 heteroatoms. The Morgan fingerprint density at radius 1 is 1.08 bits per heavy atom. The molecule has 0 aliphatic rings. The quantitative estimate of drug-likeness (QED) is 0.757. The van der Waals surface area contributed by atoms with E-state index in [-0.39, 0.29) is 18.6 Å². The minimum absolute atomic E-state index is 0.0763. The molecule has 1 N–H and O–H groups in total. The Kier molecular flexibility index (Phi) is 6.37. The zero-order chi connectivity index (χ0) is 17.4. The number of nitrogens with one attached hydrogen (secondary N) is 1. The fourth-order valence-corrected chi connectivity index (χ4v) is 2.28. The average molecular weight is 327 g/mol. The second kappa shape index (κ2) is 8.72. The summed E-state index contributed by atoms with van der Waals surface area (Å²) in [5.74, 6) is 1.13. The highest BCUT2D eigenvalue weighted by Gasteiger charge is 2.13. The zero-order valence-electron chi connectivity index (χ0n) is 13.8. The molecule has 0 aliphatic carbocycles. The van der Waals surface area contributed by atoms with Crippen molar-refractivity contribution in [2.24, 2.45) is 0 Å². The summed E-state index contributed by atoms with van der Waals surface area (Å²) in [4.78, 5) is 22.7. The van der Waals surface area contributed by atoms with Crippen LogP contribution in [0.2, 0.25) is 0 Å². The lowest BCUT2D eigenvalue weighted by Crippen LogP contribution is -2.32. The van der Waals surface area contributed by atoms with Gasteiger partial charge in [-0.05, 0) is 48.4 Å². The molecule has 126 valence electrons. The van der Waals surface area contributed by atoms with E-state index in [2.05, 4.69) is 5.32 Å². The molecule has 0 fully saturated rings. The molecule has 0 saturated heterocycles. The SMILES string of the molecule is CCC(NC(=O)COc1ccc(C=O)cc1)c1ccc(OC)cc1. The molecule has 0 bridgehead atoms. The predicted molar refractivity (Wildman–Crippen MR) is 91.5 cm³/mol. The van der Waals surface area contributed by atoms with Gasteiger partial charge < -0.3 is 14.8 Å². The van der Waals surface area contributed by atoms with Crippen LogP contribution in [-0.4, -0.2) is 25.9 Å². The summed E-state index contributed by atoms with van der Waals surface area (Å²) in [5, 5.41) is 2.95. The van der Waals surface area contributed by atoms with Gasteiger partial charge in [0, 0.05) is 5.56 Å². The van der Waals surface area contributed by atoms with Crippen molar-refractivity contribution in [2.75, 3.05) is 13.7 Å². The van der Waals surface area contributed by atoms with Gasteiger partial charge in [-0.25, -0.2) is 0 Å². The van der Waals surface area contributed by atoms with Crippen LogP contribution in [0.1, 0.15) is 35.3 Å². The fourth-order valence-electron chi connectivity index (χ4n) is 2.28. The maximum atomic E-state index is 12.1. The maximum absolute atomic E-state index is 12.1. The van der Waals surface area contributed by atoms with E-state index in [1.165, 1.54) is 0 Å². The van der Waals surface area contributed by atoms with Crippen molar-refractivity contribution in [3.05, 3.63) is 59.7 Å². The van der Waals surface area contributed by atoms with Crippen LogP contribution in [0.25, 0.3) is 0 Å². The van der Waals surface area contributed by atoms with Gasteiger partial charge in [-0.15, -0.1) is 0 Å². The number of benzene rings is 2. The molecule has 1 amide bonds. The number of hydrogen-bond donors (Lipinski definition) is 1. The third kappa shape index (κ3) is 4.84. The van der Waals surface area contributed by atoms with Crippen LogP contribution in [0, 0.1) is 0 Å². The lowest BCUT2D eigenvalue weighted by Gasteiger charge is -2.18. The molecule has 1 unspecified atom stereocenters. The molecule has 0 saturated carbocycles. The molecular weight excluding hydrogens is 306 g/mol. The summed E-state index contributed by atoms with van der Waals surface area (Å²) in [5.41, 5.74) is 1.58. The van der Waals surface area contributed by atoms with Crippen molar-refractivity contribution in [1.82, 2.24) is 5.32 Å². The number of methoxy groups -OCH3 is 1. The smallest absolute Gasteiger partial charge is 0.258 e. The first-order chi connectivity index (χ1) is 11.7. The van der Waals surface area contributed by atoms with Crippen molar-refractivity contribution in [3.63, 3.8) is 0 Å². The molecule has 1 atom stereocenters. The first-order valence-corrected chi connectivity index (χ1v) is 7.77. The van der Waals surface area contributed by atoms with Gasteiger partial charge in [0.1, 0.15) is 17.8 Å². The van der Waals surface area contributed by atoms with E-state index in [1.54, 1.807) is 31.4 Å². The Morgan fingerprint density at radius 3 is 2.25 bits per heavy atom. The second-order valence-electron chi connectivity index (χ2n) is 5.28. The Labute approximate surface area is 141 Å². The molecular formula is C19H21NO4. The van der Waals surface area contributed by atoms with Crippen LogP contribution in [0.15, 0.2) is 48.5 Å². The van der Waals surface area contributed by atoms with E-state index in [4.69, 9.17) is 9.47 Å². The Balaban J connectivity index is 1.89. The number of carbonyl (C=O) groups excluding carboxylic acids is 2. The minimum atomic E-state index is -0.197. The van der Waals surface area contributed by atoms with Crippen molar-refractivity contribution in [1.29, 1.82) is 0 Å². The van der Waals surface area contributed by atoms with Crippen molar-refractivity contribution in [3.8, 4) is 11.5 Å². The third-order valence-corrected chi connectivity index (χ3v) is 3.65. The largest absolute Gasteiger partial charge is 0.497 e. The van der Waals surface area contributed by atoms with Crippen LogP contribution in [0.3, 0.4) is 0 Å². The zero-order valence-corrected chi connectivity index (χ0v) is 13.8. The molecule has 24 heavy (non-hydrogen) atoms. The molecule has 0 spiro atoms. The van der Waals surface area contributed by atoms with Gasteiger partial charge in [0.25, 0.3) is 5.91 Å². The number of hydrogen-bond acceptors (Lipinski definition) is 4. The number of aldehydes is 1. The summed E-state index contributed by atoms with van der Waals surface area (Å²) in [6.45, 7) is 1.93. The van der Waals surface area contributed by atoms with Crippen LogP contribution in [0.5, 0.6) is 11.5 Å². The number of ether oxygens (including phenoxy) is 2. The van der Waals surface area contributed by atoms with Crippen molar-refractivity contribution >= 4 is 12.2 Å². The van der Waals surface area contributed by atoms with Gasteiger partial charge in [0.15, 0.2) is 6.61 Å². The molecule has 0 aromatic heterocycles. The van der Waals surface area contributed by atoms with E-state index in [0.29, 0.717) is 11.3 Å². The van der Waals surface area contributed by atoms with Crippen molar-refractivity contribution < 1.29 is 19.1 Å². The van der Waals surface area contributed by atoms with Gasteiger partial charge in [0.05, 0.1) is 13.2 Å². The maximum Gasteiger partial charge on any atom is 0.258 e. The van der Waals surface area contributed by atoms with Crippen LogP contribution in [0.4, 0.5) is 0 Å². The second-order valence-corrected chi connectivity index (χ2v) is 5.28. The van der Waals surface area contributed by atoms with Crippen molar-refractivity contribution in [2.45, 2.75) is 19.4 Å². The van der Waals surface area contributed by atoms with Gasteiger partial charge in [0.2, 0.25) is 0 Å².